The van der Waals surface area contributed by atoms with Crippen molar-refractivity contribution in [1.82, 2.24) is 0 Å². The fraction of sp³-hybridized carbons (Fsp3) is 0.190. The van der Waals surface area contributed by atoms with Crippen LogP contribution in [0.3, 0.4) is 0 Å². The van der Waals surface area contributed by atoms with Gasteiger partial charge in [-0.3, -0.25) is 0 Å². The lowest BCUT2D eigenvalue weighted by molar-refractivity contribution is 0.0718. The van der Waals surface area contributed by atoms with Crippen molar-refractivity contribution in [2.24, 2.45) is 0 Å². The maximum Gasteiger partial charge on any atom is 0.328 e. The smallest absolute Gasteiger partial charge is 0.328 e. The fourth-order valence-corrected chi connectivity index (χ4v) is 7.55. The van der Waals surface area contributed by atoms with E-state index in [1.165, 1.54) is 12.5 Å². The second-order valence-electron chi connectivity index (χ2n) is 7.06. The molecule has 3 rings (SSSR count). The van der Waals surface area contributed by atoms with Gasteiger partial charge in [-0.25, -0.2) is 4.79 Å². The minimum Gasteiger partial charge on any atom is -0.506 e. The van der Waals surface area contributed by atoms with Crippen LogP contribution >= 0.6 is 0 Å². The largest absolute Gasteiger partial charge is 0.506 e. The van der Waals surface area contributed by atoms with E-state index in [-0.39, 0.29) is 11.0 Å². The average molecular weight is 350 g/mol. The van der Waals surface area contributed by atoms with Gasteiger partial charge in [0.15, 0.2) is 0 Å². The van der Waals surface area contributed by atoms with Gasteiger partial charge in [0.1, 0.15) is 6.26 Å². The SMILES string of the molecule is CC(C)(C)[Si](OC(=O)c1ccoc1)(c1ccccc1)c1ccccc1. The van der Waals surface area contributed by atoms with Crippen LogP contribution in [0.4, 0.5) is 0 Å². The normalized spacial score (nSPS) is 12.0. The molecule has 25 heavy (non-hydrogen) atoms. The van der Waals surface area contributed by atoms with Crippen molar-refractivity contribution in [2.45, 2.75) is 25.8 Å². The average Bonchev–Trinajstić information content (AvgIpc) is 3.15. The Labute approximate surface area is 149 Å². The molecular weight excluding hydrogens is 328 g/mol. The van der Waals surface area contributed by atoms with E-state index in [4.69, 9.17) is 8.84 Å². The summed E-state index contributed by atoms with van der Waals surface area (Å²) in [7, 11) is -2.86. The minimum atomic E-state index is -2.86. The Morgan fingerprint density at radius 2 is 1.40 bits per heavy atom. The number of furan rings is 1. The summed E-state index contributed by atoms with van der Waals surface area (Å²) in [4.78, 5) is 12.9. The molecule has 1 aromatic heterocycles. The summed E-state index contributed by atoms with van der Waals surface area (Å²) < 4.78 is 11.4. The van der Waals surface area contributed by atoms with Gasteiger partial charge in [-0.05, 0) is 21.5 Å². The topological polar surface area (TPSA) is 39.4 Å². The molecule has 0 bridgehead atoms. The van der Waals surface area contributed by atoms with Gasteiger partial charge >= 0.3 is 14.3 Å². The minimum absolute atomic E-state index is 0.241. The Bertz CT molecular complexity index is 779. The van der Waals surface area contributed by atoms with Crippen molar-refractivity contribution < 1.29 is 13.6 Å². The van der Waals surface area contributed by atoms with Gasteiger partial charge in [-0.15, -0.1) is 0 Å². The maximum absolute atomic E-state index is 12.9. The summed E-state index contributed by atoms with van der Waals surface area (Å²) in [5.41, 5.74) is 0.438. The predicted molar refractivity (Wildman–Crippen MR) is 102 cm³/mol. The molecule has 0 radical (unpaired) electrons. The maximum atomic E-state index is 12.9. The molecule has 3 aromatic rings. The van der Waals surface area contributed by atoms with E-state index < -0.39 is 8.32 Å². The van der Waals surface area contributed by atoms with Crippen molar-refractivity contribution in [3.8, 4) is 0 Å². The summed E-state index contributed by atoms with van der Waals surface area (Å²) in [6.07, 6.45) is 2.92. The predicted octanol–water partition coefficient (Wildman–Crippen LogP) is 4.00. The van der Waals surface area contributed by atoms with Crippen molar-refractivity contribution in [3.05, 3.63) is 84.8 Å². The first kappa shape index (κ1) is 17.2. The Morgan fingerprint density at radius 1 is 0.880 bits per heavy atom. The molecule has 2 aromatic carbocycles. The summed E-state index contributed by atoms with van der Waals surface area (Å²) in [5, 5.41) is 1.91. The van der Waals surface area contributed by atoms with E-state index in [9.17, 15) is 4.79 Å². The van der Waals surface area contributed by atoms with E-state index >= 15 is 0 Å². The molecule has 0 spiro atoms. The second-order valence-corrected chi connectivity index (χ2v) is 11.3. The van der Waals surface area contributed by atoms with E-state index in [2.05, 4.69) is 45.0 Å². The van der Waals surface area contributed by atoms with Gasteiger partial charge in [-0.1, -0.05) is 81.4 Å². The highest BCUT2D eigenvalue weighted by Crippen LogP contribution is 2.37. The van der Waals surface area contributed by atoms with Crippen LogP contribution in [0.1, 0.15) is 31.1 Å². The molecule has 3 nitrogen and oxygen atoms in total. The van der Waals surface area contributed by atoms with Crippen molar-refractivity contribution in [3.63, 3.8) is 0 Å². The summed E-state index contributed by atoms with van der Waals surface area (Å²) in [6.45, 7) is 6.42. The van der Waals surface area contributed by atoms with Gasteiger partial charge in [0.25, 0.3) is 0 Å². The van der Waals surface area contributed by atoms with Crippen molar-refractivity contribution in [1.29, 1.82) is 0 Å². The zero-order valence-electron chi connectivity index (χ0n) is 14.7. The molecule has 0 saturated carbocycles. The third kappa shape index (κ3) is 3.17. The van der Waals surface area contributed by atoms with Gasteiger partial charge in [-0.2, -0.15) is 0 Å². The number of rotatable bonds is 4. The molecular formula is C21H22O3Si. The van der Waals surface area contributed by atoms with Crippen molar-refractivity contribution >= 4 is 24.7 Å². The quantitative estimate of drug-likeness (QED) is 0.668. The molecule has 0 fully saturated rings. The fourth-order valence-electron chi connectivity index (χ4n) is 3.23. The van der Waals surface area contributed by atoms with Gasteiger partial charge in [0, 0.05) is 0 Å². The Hall–Kier alpha value is -2.59. The number of hydrogen-bond acceptors (Lipinski definition) is 3. The first-order valence-corrected chi connectivity index (χ1v) is 10.2. The van der Waals surface area contributed by atoms with Gasteiger partial charge in [0.2, 0.25) is 0 Å². The molecule has 1 heterocycles. The summed E-state index contributed by atoms with van der Waals surface area (Å²) >= 11 is 0. The second kappa shape index (κ2) is 6.73. The highest BCUT2D eigenvalue weighted by molar-refractivity contribution is 7.00. The third-order valence-corrected chi connectivity index (χ3v) is 9.32. The third-order valence-electron chi connectivity index (χ3n) is 4.42. The highest BCUT2D eigenvalue weighted by atomic mass is 28.4. The van der Waals surface area contributed by atoms with Crippen LogP contribution in [0.5, 0.6) is 0 Å². The first-order chi connectivity index (χ1) is 11.9. The molecule has 0 N–H and O–H groups in total. The first-order valence-electron chi connectivity index (χ1n) is 8.32. The Kier molecular flexibility index (Phi) is 4.64. The zero-order chi connectivity index (χ0) is 17.9. The number of carbonyl (C=O) groups is 1. The van der Waals surface area contributed by atoms with E-state index in [1.807, 2.05) is 36.4 Å². The lowest BCUT2D eigenvalue weighted by Gasteiger charge is -2.42. The number of hydrogen-bond donors (Lipinski definition) is 0. The van der Waals surface area contributed by atoms with Crippen molar-refractivity contribution in [2.75, 3.05) is 0 Å². The van der Waals surface area contributed by atoms with E-state index in [1.54, 1.807) is 6.07 Å². The van der Waals surface area contributed by atoms with Crippen LogP contribution in [-0.4, -0.2) is 14.3 Å². The summed E-state index contributed by atoms with van der Waals surface area (Å²) in [6, 6.07) is 21.8. The van der Waals surface area contributed by atoms with Crippen LogP contribution in [0.15, 0.2) is 83.7 Å². The number of carbonyl (C=O) groups excluding carboxylic acids is 1. The molecule has 128 valence electrons. The molecule has 0 aliphatic carbocycles. The van der Waals surface area contributed by atoms with Crippen LogP contribution in [0, 0.1) is 0 Å². The number of benzene rings is 2. The molecule has 0 aliphatic rings. The molecule has 0 amide bonds. The van der Waals surface area contributed by atoms with Gasteiger partial charge in [0.05, 0.1) is 11.8 Å². The van der Waals surface area contributed by atoms with Crippen LogP contribution in [0.2, 0.25) is 5.04 Å². The van der Waals surface area contributed by atoms with Crippen LogP contribution in [-0.2, 0) is 4.43 Å². The zero-order valence-corrected chi connectivity index (χ0v) is 15.7. The Balaban J connectivity index is 2.20. The summed E-state index contributed by atoms with van der Waals surface area (Å²) in [5.74, 6) is -0.344. The van der Waals surface area contributed by atoms with Gasteiger partial charge < -0.3 is 8.84 Å². The molecule has 0 unspecified atom stereocenters. The van der Waals surface area contributed by atoms with E-state index in [0.29, 0.717) is 5.56 Å². The van der Waals surface area contributed by atoms with Crippen LogP contribution < -0.4 is 10.4 Å². The lowest BCUT2D eigenvalue weighted by atomic mass is 10.2. The van der Waals surface area contributed by atoms with E-state index in [0.717, 1.165) is 10.4 Å². The molecule has 0 aliphatic heterocycles. The standard InChI is InChI=1S/C21H22O3Si/c1-21(2,3)25(18-10-6-4-7-11-18,19-12-8-5-9-13-19)24-20(22)17-14-15-23-16-17/h4-16H,1-3H3. The molecule has 0 saturated heterocycles. The van der Waals surface area contributed by atoms with Crippen LogP contribution in [0.25, 0.3) is 0 Å². The molecule has 0 atom stereocenters. The monoisotopic (exact) mass is 350 g/mol. The highest BCUT2D eigenvalue weighted by Gasteiger charge is 2.53. The molecule has 4 heteroatoms. The lowest BCUT2D eigenvalue weighted by Crippen LogP contribution is -2.67. The Morgan fingerprint density at radius 3 is 1.80 bits per heavy atom.